The number of hydrogen-bond donors (Lipinski definition) is 2. The molecule has 5 heteroatoms. The second-order valence-electron chi connectivity index (χ2n) is 2.89. The third-order valence-electron chi connectivity index (χ3n) is 1.80. The van der Waals surface area contributed by atoms with E-state index in [9.17, 15) is 9.59 Å². The topological polar surface area (TPSA) is 95.4 Å². The molecule has 0 aliphatic carbocycles. The van der Waals surface area contributed by atoms with Crippen molar-refractivity contribution in [3.05, 3.63) is 29.3 Å². The molecule has 0 aliphatic rings. The summed E-state index contributed by atoms with van der Waals surface area (Å²) in [5.74, 6) is -1.28. The van der Waals surface area contributed by atoms with Crippen LogP contribution in [0.3, 0.4) is 0 Å². The lowest BCUT2D eigenvalue weighted by Crippen LogP contribution is -2.18. The predicted molar refractivity (Wildman–Crippen MR) is 55.3 cm³/mol. The minimum Gasteiger partial charge on any atom is -0.462 e. The van der Waals surface area contributed by atoms with Gasteiger partial charge in [-0.05, 0) is 25.1 Å². The molecule has 0 fully saturated rings. The van der Waals surface area contributed by atoms with Gasteiger partial charge in [0, 0.05) is 5.69 Å². The van der Waals surface area contributed by atoms with Gasteiger partial charge in [0.25, 0.3) is 0 Å². The lowest BCUT2D eigenvalue weighted by molar-refractivity contribution is 0.0523. The Morgan fingerprint density at radius 1 is 1.33 bits per heavy atom. The van der Waals surface area contributed by atoms with Gasteiger partial charge in [-0.15, -0.1) is 0 Å². The van der Waals surface area contributed by atoms with Crippen molar-refractivity contribution in [2.45, 2.75) is 6.92 Å². The van der Waals surface area contributed by atoms with Crippen molar-refractivity contribution >= 4 is 17.6 Å². The van der Waals surface area contributed by atoms with Gasteiger partial charge < -0.3 is 16.2 Å². The maximum Gasteiger partial charge on any atom is 0.338 e. The molecule has 1 amide bonds. The van der Waals surface area contributed by atoms with Crippen molar-refractivity contribution in [1.29, 1.82) is 0 Å². The molecule has 0 radical (unpaired) electrons. The first-order valence-electron chi connectivity index (χ1n) is 4.42. The van der Waals surface area contributed by atoms with E-state index in [1.165, 1.54) is 18.2 Å². The lowest BCUT2D eigenvalue weighted by atomic mass is 10.1. The monoisotopic (exact) mass is 208 g/mol. The van der Waals surface area contributed by atoms with E-state index < -0.39 is 11.9 Å². The summed E-state index contributed by atoms with van der Waals surface area (Å²) in [6.07, 6.45) is 0. The Bertz CT molecular complexity index is 402. The van der Waals surface area contributed by atoms with Crippen molar-refractivity contribution in [3.8, 4) is 0 Å². The SMILES string of the molecule is CCOC(=O)c1ccc(N)cc1C(N)=O. The highest BCUT2D eigenvalue weighted by molar-refractivity contribution is 6.05. The van der Waals surface area contributed by atoms with Crippen molar-refractivity contribution in [2.24, 2.45) is 5.73 Å². The van der Waals surface area contributed by atoms with Crippen LogP contribution in [-0.4, -0.2) is 18.5 Å². The third-order valence-corrected chi connectivity index (χ3v) is 1.80. The summed E-state index contributed by atoms with van der Waals surface area (Å²) >= 11 is 0. The minimum atomic E-state index is -0.703. The van der Waals surface area contributed by atoms with Crippen LogP contribution in [-0.2, 0) is 4.74 Å². The first-order valence-corrected chi connectivity index (χ1v) is 4.42. The number of amides is 1. The lowest BCUT2D eigenvalue weighted by Gasteiger charge is -2.06. The highest BCUT2D eigenvalue weighted by atomic mass is 16.5. The number of anilines is 1. The molecule has 0 aliphatic heterocycles. The second-order valence-corrected chi connectivity index (χ2v) is 2.89. The molecule has 1 rings (SSSR count). The van der Waals surface area contributed by atoms with E-state index >= 15 is 0 Å². The average molecular weight is 208 g/mol. The van der Waals surface area contributed by atoms with Gasteiger partial charge in [0.2, 0.25) is 5.91 Å². The van der Waals surface area contributed by atoms with Crippen LogP contribution in [0, 0.1) is 0 Å². The fourth-order valence-corrected chi connectivity index (χ4v) is 1.15. The van der Waals surface area contributed by atoms with Crippen LogP contribution in [0.1, 0.15) is 27.6 Å². The van der Waals surface area contributed by atoms with Crippen LogP contribution < -0.4 is 11.5 Å². The highest BCUT2D eigenvalue weighted by Crippen LogP contribution is 2.14. The van der Waals surface area contributed by atoms with Gasteiger partial charge in [-0.25, -0.2) is 4.79 Å². The van der Waals surface area contributed by atoms with Crippen molar-refractivity contribution in [2.75, 3.05) is 12.3 Å². The molecule has 0 unspecified atom stereocenters. The van der Waals surface area contributed by atoms with E-state index in [4.69, 9.17) is 16.2 Å². The number of rotatable bonds is 3. The molecule has 4 N–H and O–H groups in total. The molecule has 0 heterocycles. The Hall–Kier alpha value is -2.04. The molecule has 1 aromatic carbocycles. The second kappa shape index (κ2) is 4.45. The molecule has 5 nitrogen and oxygen atoms in total. The average Bonchev–Trinajstić information content (AvgIpc) is 2.17. The van der Waals surface area contributed by atoms with Crippen LogP contribution in [0.25, 0.3) is 0 Å². The Kier molecular flexibility index (Phi) is 3.28. The van der Waals surface area contributed by atoms with Gasteiger partial charge in [-0.3, -0.25) is 4.79 Å². The van der Waals surface area contributed by atoms with Gasteiger partial charge >= 0.3 is 5.97 Å². The van der Waals surface area contributed by atoms with Gasteiger partial charge in [0.1, 0.15) is 0 Å². The molecular weight excluding hydrogens is 196 g/mol. The molecule has 0 bridgehead atoms. The van der Waals surface area contributed by atoms with Gasteiger partial charge in [-0.2, -0.15) is 0 Å². The standard InChI is InChI=1S/C10H12N2O3/c1-2-15-10(14)7-4-3-6(11)5-8(7)9(12)13/h3-5H,2,11H2,1H3,(H2,12,13). The van der Waals surface area contributed by atoms with Crippen LogP contribution >= 0.6 is 0 Å². The Balaban J connectivity index is 3.17. The van der Waals surface area contributed by atoms with Crippen molar-refractivity contribution in [1.82, 2.24) is 0 Å². The number of carbonyl (C=O) groups is 2. The van der Waals surface area contributed by atoms with Gasteiger partial charge in [0.05, 0.1) is 17.7 Å². The molecule has 0 saturated heterocycles. The number of carbonyl (C=O) groups excluding carboxylic acids is 2. The van der Waals surface area contributed by atoms with Gasteiger partial charge in [-0.1, -0.05) is 0 Å². The number of benzene rings is 1. The first kappa shape index (κ1) is 11.0. The fraction of sp³-hybridized carbons (Fsp3) is 0.200. The summed E-state index contributed by atoms with van der Waals surface area (Å²) in [6.45, 7) is 1.92. The summed E-state index contributed by atoms with van der Waals surface area (Å²) in [5.41, 5.74) is 11.2. The van der Waals surface area contributed by atoms with Crippen molar-refractivity contribution < 1.29 is 14.3 Å². The van der Waals surface area contributed by atoms with Crippen LogP contribution in [0.4, 0.5) is 5.69 Å². The Labute approximate surface area is 87.0 Å². The number of primary amides is 1. The molecule has 0 spiro atoms. The zero-order valence-electron chi connectivity index (χ0n) is 8.32. The van der Waals surface area contributed by atoms with E-state index in [1.807, 2.05) is 0 Å². The van der Waals surface area contributed by atoms with E-state index in [0.29, 0.717) is 5.69 Å². The zero-order valence-corrected chi connectivity index (χ0v) is 8.32. The summed E-state index contributed by atoms with van der Waals surface area (Å²) in [6, 6.07) is 4.29. The van der Waals surface area contributed by atoms with E-state index in [-0.39, 0.29) is 17.7 Å². The molecule has 0 atom stereocenters. The number of ether oxygens (including phenoxy) is 1. The Morgan fingerprint density at radius 2 is 2.00 bits per heavy atom. The predicted octanol–water partition coefficient (Wildman–Crippen LogP) is 0.544. The number of nitrogens with two attached hydrogens (primary N) is 2. The van der Waals surface area contributed by atoms with E-state index in [1.54, 1.807) is 6.92 Å². The largest absolute Gasteiger partial charge is 0.462 e. The fourth-order valence-electron chi connectivity index (χ4n) is 1.15. The van der Waals surface area contributed by atoms with E-state index in [2.05, 4.69) is 0 Å². The van der Waals surface area contributed by atoms with Crippen LogP contribution in [0.15, 0.2) is 18.2 Å². The number of hydrogen-bond acceptors (Lipinski definition) is 4. The van der Waals surface area contributed by atoms with Crippen LogP contribution in [0.5, 0.6) is 0 Å². The Morgan fingerprint density at radius 3 is 2.53 bits per heavy atom. The molecule has 1 aromatic rings. The molecule has 80 valence electrons. The quantitative estimate of drug-likeness (QED) is 0.560. The number of esters is 1. The minimum absolute atomic E-state index is 0.0773. The smallest absolute Gasteiger partial charge is 0.338 e. The summed E-state index contributed by atoms with van der Waals surface area (Å²) < 4.78 is 4.77. The normalized spacial score (nSPS) is 9.67. The summed E-state index contributed by atoms with van der Waals surface area (Å²) in [5, 5.41) is 0. The highest BCUT2D eigenvalue weighted by Gasteiger charge is 2.15. The molecule has 15 heavy (non-hydrogen) atoms. The molecule has 0 aromatic heterocycles. The number of nitrogen functional groups attached to an aromatic ring is 1. The van der Waals surface area contributed by atoms with Crippen molar-refractivity contribution in [3.63, 3.8) is 0 Å². The van der Waals surface area contributed by atoms with Gasteiger partial charge in [0.15, 0.2) is 0 Å². The molecular formula is C10H12N2O3. The third kappa shape index (κ3) is 2.46. The first-order chi connectivity index (χ1) is 7.06. The zero-order chi connectivity index (χ0) is 11.4. The summed E-state index contributed by atoms with van der Waals surface area (Å²) in [7, 11) is 0. The maximum atomic E-state index is 11.4. The molecule has 0 saturated carbocycles. The van der Waals surface area contributed by atoms with Crippen LogP contribution in [0.2, 0.25) is 0 Å². The maximum absolute atomic E-state index is 11.4. The summed E-state index contributed by atoms with van der Waals surface area (Å²) in [4.78, 5) is 22.5. The van der Waals surface area contributed by atoms with E-state index in [0.717, 1.165) is 0 Å².